The van der Waals surface area contributed by atoms with E-state index < -0.39 is 0 Å². The Balaban J connectivity index is 1.55. The largest absolute Gasteiger partial charge is 0.297 e. The highest BCUT2D eigenvalue weighted by Crippen LogP contribution is 2.60. The maximum absolute atomic E-state index is 13.1. The molecule has 0 aromatic heterocycles. The monoisotopic (exact) mass is 261 g/mol. The van der Waals surface area contributed by atoms with Crippen LogP contribution in [0.5, 0.6) is 0 Å². The van der Waals surface area contributed by atoms with Crippen molar-refractivity contribution < 1.29 is 4.79 Å². The molecular weight excluding hydrogens is 234 g/mol. The normalized spacial score (nSPS) is 46.7. The molecule has 4 saturated carbocycles. The van der Waals surface area contributed by atoms with E-state index in [0.717, 1.165) is 30.8 Å². The molecule has 0 spiro atoms. The molecule has 0 aromatic rings. The Morgan fingerprint density at radius 1 is 1.00 bits per heavy atom. The minimum absolute atomic E-state index is 0.108. The van der Waals surface area contributed by atoms with Crippen LogP contribution in [-0.4, -0.2) is 29.8 Å². The maximum Gasteiger partial charge on any atom is 0.155 e. The van der Waals surface area contributed by atoms with Crippen LogP contribution in [0.2, 0.25) is 0 Å². The molecule has 5 fully saturated rings. The highest BCUT2D eigenvalue weighted by Gasteiger charge is 2.55. The number of carbonyl (C=O) groups is 1. The summed E-state index contributed by atoms with van der Waals surface area (Å²) in [6, 6.07) is 0.193. The predicted octanol–water partition coefficient (Wildman–Crippen LogP) is 3.26. The fourth-order valence-corrected chi connectivity index (χ4v) is 6.15. The second-order valence-electron chi connectivity index (χ2n) is 7.98. The lowest BCUT2D eigenvalue weighted by molar-refractivity contribution is -0.148. The highest BCUT2D eigenvalue weighted by molar-refractivity contribution is 5.90. The highest BCUT2D eigenvalue weighted by atomic mass is 16.1. The first-order chi connectivity index (χ1) is 9.16. The van der Waals surface area contributed by atoms with Crippen LogP contribution in [-0.2, 0) is 4.79 Å². The third-order valence-corrected chi connectivity index (χ3v) is 6.63. The number of likely N-dealkylation sites (tertiary alicyclic amines) is 1. The zero-order chi connectivity index (χ0) is 13.0. The lowest BCUT2D eigenvalue weighted by atomic mass is 9.48. The molecular formula is C17H27NO. The molecule has 1 saturated heterocycles. The van der Waals surface area contributed by atoms with Crippen molar-refractivity contribution in [2.45, 2.75) is 64.3 Å². The van der Waals surface area contributed by atoms with E-state index in [4.69, 9.17) is 0 Å². The first kappa shape index (κ1) is 12.4. The zero-order valence-electron chi connectivity index (χ0n) is 12.2. The van der Waals surface area contributed by atoms with Crippen LogP contribution in [0.15, 0.2) is 0 Å². The summed E-state index contributed by atoms with van der Waals surface area (Å²) in [5.74, 6) is 3.29. The number of ketones is 1. The van der Waals surface area contributed by atoms with Gasteiger partial charge in [0, 0.05) is 5.41 Å². The van der Waals surface area contributed by atoms with Gasteiger partial charge in [-0.3, -0.25) is 9.69 Å². The molecule has 0 aromatic carbocycles. The molecule has 2 heteroatoms. The van der Waals surface area contributed by atoms with Crippen LogP contribution in [0.3, 0.4) is 0 Å². The predicted molar refractivity (Wildman–Crippen MR) is 75.9 cm³/mol. The van der Waals surface area contributed by atoms with Gasteiger partial charge in [0.1, 0.15) is 0 Å². The number of nitrogens with zero attached hydrogens (tertiary/aromatic N) is 1. The lowest BCUT2D eigenvalue weighted by Crippen LogP contribution is -2.54. The summed E-state index contributed by atoms with van der Waals surface area (Å²) in [5, 5.41) is 0. The van der Waals surface area contributed by atoms with Gasteiger partial charge in [-0.25, -0.2) is 0 Å². The summed E-state index contributed by atoms with van der Waals surface area (Å²) in [5.41, 5.74) is 0.108. The maximum atomic E-state index is 13.1. The standard InChI is InChI=1S/C17H27NO/c1-12(18-4-2-3-5-18)16(19)17-9-13-6-14(10-17)8-15(7-13)11-17/h12-15H,2-11H2,1H3. The number of Topliss-reactive ketones (excluding diaryl/α,β-unsaturated/α-hetero) is 1. The Labute approximate surface area is 116 Å². The van der Waals surface area contributed by atoms with Gasteiger partial charge in [0.05, 0.1) is 6.04 Å². The third kappa shape index (κ3) is 1.90. The van der Waals surface area contributed by atoms with Crippen molar-refractivity contribution >= 4 is 5.78 Å². The van der Waals surface area contributed by atoms with Gasteiger partial charge in [-0.15, -0.1) is 0 Å². The van der Waals surface area contributed by atoms with Gasteiger partial charge < -0.3 is 0 Å². The molecule has 106 valence electrons. The van der Waals surface area contributed by atoms with E-state index >= 15 is 0 Å². The van der Waals surface area contributed by atoms with Crippen molar-refractivity contribution in [3.05, 3.63) is 0 Å². The van der Waals surface area contributed by atoms with Crippen LogP contribution in [0.4, 0.5) is 0 Å². The number of hydrogen-bond donors (Lipinski definition) is 0. The summed E-state index contributed by atoms with van der Waals surface area (Å²) >= 11 is 0. The summed E-state index contributed by atoms with van der Waals surface area (Å²) < 4.78 is 0. The molecule has 0 amide bonds. The molecule has 1 atom stereocenters. The third-order valence-electron chi connectivity index (χ3n) is 6.63. The number of rotatable bonds is 3. The molecule has 1 aliphatic heterocycles. The number of hydrogen-bond acceptors (Lipinski definition) is 2. The van der Waals surface area contributed by atoms with Gasteiger partial charge in [-0.05, 0) is 89.1 Å². The van der Waals surface area contributed by atoms with Crippen molar-refractivity contribution in [2.24, 2.45) is 23.2 Å². The quantitative estimate of drug-likeness (QED) is 0.777. The Kier molecular flexibility index (Phi) is 2.81. The summed E-state index contributed by atoms with van der Waals surface area (Å²) in [6.45, 7) is 4.49. The molecule has 19 heavy (non-hydrogen) atoms. The average molecular weight is 261 g/mol. The fourth-order valence-electron chi connectivity index (χ4n) is 6.15. The van der Waals surface area contributed by atoms with Gasteiger partial charge in [-0.2, -0.15) is 0 Å². The first-order valence-corrected chi connectivity index (χ1v) is 8.45. The Bertz CT molecular complexity index is 347. The fraction of sp³-hybridized carbons (Fsp3) is 0.941. The molecule has 5 aliphatic rings. The number of carbonyl (C=O) groups excluding carboxylic acids is 1. The smallest absolute Gasteiger partial charge is 0.155 e. The van der Waals surface area contributed by atoms with Crippen LogP contribution in [0.25, 0.3) is 0 Å². The van der Waals surface area contributed by atoms with Crippen molar-refractivity contribution in [1.29, 1.82) is 0 Å². The molecule has 4 bridgehead atoms. The minimum Gasteiger partial charge on any atom is -0.297 e. The van der Waals surface area contributed by atoms with Gasteiger partial charge in [0.15, 0.2) is 5.78 Å². The van der Waals surface area contributed by atoms with E-state index in [2.05, 4.69) is 11.8 Å². The van der Waals surface area contributed by atoms with E-state index in [1.807, 2.05) is 0 Å². The molecule has 1 heterocycles. The van der Waals surface area contributed by atoms with Crippen LogP contribution in [0.1, 0.15) is 58.3 Å². The van der Waals surface area contributed by atoms with Crippen LogP contribution < -0.4 is 0 Å². The van der Waals surface area contributed by atoms with Gasteiger partial charge in [0.2, 0.25) is 0 Å². The van der Waals surface area contributed by atoms with E-state index in [9.17, 15) is 4.79 Å². The minimum atomic E-state index is 0.108. The Morgan fingerprint density at radius 2 is 1.47 bits per heavy atom. The Morgan fingerprint density at radius 3 is 1.95 bits per heavy atom. The van der Waals surface area contributed by atoms with Crippen LogP contribution in [0, 0.1) is 23.2 Å². The summed E-state index contributed by atoms with van der Waals surface area (Å²) in [7, 11) is 0. The van der Waals surface area contributed by atoms with E-state index in [0.29, 0.717) is 5.78 Å². The van der Waals surface area contributed by atoms with Crippen molar-refractivity contribution in [3.8, 4) is 0 Å². The molecule has 4 aliphatic carbocycles. The second kappa shape index (κ2) is 4.31. The molecule has 5 rings (SSSR count). The summed E-state index contributed by atoms with van der Waals surface area (Å²) in [6.07, 6.45) is 10.6. The zero-order valence-corrected chi connectivity index (χ0v) is 12.2. The molecule has 1 unspecified atom stereocenters. The molecule has 0 radical (unpaired) electrons. The van der Waals surface area contributed by atoms with E-state index in [1.54, 1.807) is 0 Å². The lowest BCUT2D eigenvalue weighted by Gasteiger charge is -2.56. The van der Waals surface area contributed by atoms with Crippen molar-refractivity contribution in [2.75, 3.05) is 13.1 Å². The van der Waals surface area contributed by atoms with Gasteiger partial charge in [0.25, 0.3) is 0 Å². The average Bonchev–Trinajstić information content (AvgIpc) is 2.89. The van der Waals surface area contributed by atoms with E-state index in [1.165, 1.54) is 51.4 Å². The second-order valence-corrected chi connectivity index (χ2v) is 7.98. The van der Waals surface area contributed by atoms with Crippen molar-refractivity contribution in [1.82, 2.24) is 4.90 Å². The summed E-state index contributed by atoms with van der Waals surface area (Å²) in [4.78, 5) is 15.6. The first-order valence-electron chi connectivity index (χ1n) is 8.45. The molecule has 2 nitrogen and oxygen atoms in total. The molecule has 0 N–H and O–H groups in total. The van der Waals surface area contributed by atoms with Crippen LogP contribution >= 0.6 is 0 Å². The van der Waals surface area contributed by atoms with E-state index in [-0.39, 0.29) is 11.5 Å². The van der Waals surface area contributed by atoms with Crippen molar-refractivity contribution in [3.63, 3.8) is 0 Å². The van der Waals surface area contributed by atoms with Gasteiger partial charge >= 0.3 is 0 Å². The van der Waals surface area contributed by atoms with Gasteiger partial charge in [-0.1, -0.05) is 0 Å². The SMILES string of the molecule is CC(C(=O)C12CC3CC(CC(C3)C1)C2)N1CCCC1. The Hall–Kier alpha value is -0.370. The topological polar surface area (TPSA) is 20.3 Å².